The third-order valence-corrected chi connectivity index (χ3v) is 4.55. The number of rotatable bonds is 5. The SMILES string of the molecule is COc1nc2sccn2c1CNCC(=O)N1CCCCC1. The van der Waals surface area contributed by atoms with Crippen molar-refractivity contribution in [1.82, 2.24) is 19.6 Å². The first kappa shape index (κ1) is 14.3. The molecule has 1 fully saturated rings. The summed E-state index contributed by atoms with van der Waals surface area (Å²) in [7, 11) is 1.62. The molecule has 3 heterocycles. The van der Waals surface area contributed by atoms with Gasteiger partial charge < -0.3 is 15.0 Å². The number of methoxy groups -OCH3 is 1. The Kier molecular flexibility index (Phi) is 4.40. The lowest BCUT2D eigenvalue weighted by Gasteiger charge is -2.26. The molecule has 3 rings (SSSR count). The van der Waals surface area contributed by atoms with Crippen LogP contribution in [0.15, 0.2) is 11.6 Å². The van der Waals surface area contributed by atoms with E-state index in [1.54, 1.807) is 18.4 Å². The van der Waals surface area contributed by atoms with Gasteiger partial charge in [0, 0.05) is 31.2 Å². The van der Waals surface area contributed by atoms with Gasteiger partial charge in [-0.3, -0.25) is 9.20 Å². The highest BCUT2D eigenvalue weighted by molar-refractivity contribution is 7.15. The van der Waals surface area contributed by atoms with Gasteiger partial charge in [-0.15, -0.1) is 11.3 Å². The van der Waals surface area contributed by atoms with E-state index < -0.39 is 0 Å². The highest BCUT2D eigenvalue weighted by atomic mass is 32.1. The number of carbonyl (C=O) groups is 1. The lowest BCUT2D eigenvalue weighted by Crippen LogP contribution is -2.41. The fourth-order valence-electron chi connectivity index (χ4n) is 2.68. The van der Waals surface area contributed by atoms with Gasteiger partial charge in [0.05, 0.1) is 13.7 Å². The molecule has 21 heavy (non-hydrogen) atoms. The maximum atomic E-state index is 12.1. The number of nitrogens with one attached hydrogen (secondary N) is 1. The number of hydrogen-bond donors (Lipinski definition) is 1. The van der Waals surface area contributed by atoms with Crippen LogP contribution in [0.4, 0.5) is 0 Å². The number of imidazole rings is 1. The maximum Gasteiger partial charge on any atom is 0.237 e. The van der Waals surface area contributed by atoms with Gasteiger partial charge in [-0.05, 0) is 19.3 Å². The van der Waals surface area contributed by atoms with Gasteiger partial charge in [0.2, 0.25) is 11.8 Å². The van der Waals surface area contributed by atoms with E-state index in [0.29, 0.717) is 19.0 Å². The van der Waals surface area contributed by atoms with E-state index in [9.17, 15) is 4.79 Å². The van der Waals surface area contributed by atoms with Gasteiger partial charge in [-0.25, -0.2) is 0 Å². The molecule has 2 aromatic heterocycles. The molecule has 2 aromatic rings. The standard InChI is InChI=1S/C14H20N4O2S/c1-20-13-11(18-7-8-21-14(18)16-13)9-15-10-12(19)17-5-3-2-4-6-17/h7-8,15H,2-6,9-10H2,1H3. The molecule has 1 N–H and O–H groups in total. The van der Waals surface area contributed by atoms with Crippen molar-refractivity contribution in [3.05, 3.63) is 17.3 Å². The fourth-order valence-corrected chi connectivity index (χ4v) is 3.40. The Morgan fingerprint density at radius 2 is 2.24 bits per heavy atom. The van der Waals surface area contributed by atoms with Crippen molar-refractivity contribution in [2.75, 3.05) is 26.7 Å². The molecule has 0 spiro atoms. The topological polar surface area (TPSA) is 58.9 Å². The Labute approximate surface area is 127 Å². The zero-order chi connectivity index (χ0) is 14.7. The summed E-state index contributed by atoms with van der Waals surface area (Å²) in [4.78, 5) is 19.4. The minimum absolute atomic E-state index is 0.180. The summed E-state index contributed by atoms with van der Waals surface area (Å²) >= 11 is 1.57. The van der Waals surface area contributed by atoms with Crippen LogP contribution in [0.1, 0.15) is 25.0 Å². The van der Waals surface area contributed by atoms with E-state index in [1.165, 1.54) is 6.42 Å². The van der Waals surface area contributed by atoms with Gasteiger partial charge in [0.15, 0.2) is 4.96 Å². The van der Waals surface area contributed by atoms with Gasteiger partial charge >= 0.3 is 0 Å². The van der Waals surface area contributed by atoms with Crippen molar-refractivity contribution < 1.29 is 9.53 Å². The summed E-state index contributed by atoms with van der Waals surface area (Å²) in [6.07, 6.45) is 5.45. The Hall–Kier alpha value is -1.60. The van der Waals surface area contributed by atoms with E-state index in [0.717, 1.165) is 36.6 Å². The van der Waals surface area contributed by atoms with Crippen LogP contribution < -0.4 is 10.1 Å². The number of carbonyl (C=O) groups excluding carboxylic acids is 1. The van der Waals surface area contributed by atoms with Crippen LogP contribution in [-0.2, 0) is 11.3 Å². The van der Waals surface area contributed by atoms with E-state index in [-0.39, 0.29) is 5.91 Å². The lowest BCUT2D eigenvalue weighted by molar-refractivity contribution is -0.131. The third-order valence-electron chi connectivity index (χ3n) is 3.80. The number of hydrogen-bond acceptors (Lipinski definition) is 5. The Bertz CT molecular complexity index is 616. The molecule has 7 heteroatoms. The second-order valence-corrected chi connectivity index (χ2v) is 6.04. The summed E-state index contributed by atoms with van der Waals surface area (Å²) in [5, 5.41) is 5.20. The number of ether oxygens (including phenoxy) is 1. The van der Waals surface area contributed by atoms with Crippen molar-refractivity contribution >= 4 is 22.2 Å². The van der Waals surface area contributed by atoms with Crippen LogP contribution in [-0.4, -0.2) is 46.9 Å². The normalized spacial score (nSPS) is 15.6. The van der Waals surface area contributed by atoms with Crippen LogP contribution >= 0.6 is 11.3 Å². The first-order chi connectivity index (χ1) is 10.3. The summed E-state index contributed by atoms with van der Waals surface area (Å²) < 4.78 is 7.30. The number of thiazole rings is 1. The van der Waals surface area contributed by atoms with Crippen molar-refractivity contribution in [3.8, 4) is 5.88 Å². The number of fused-ring (bicyclic) bond motifs is 1. The predicted octanol–water partition coefficient (Wildman–Crippen LogP) is 1.51. The van der Waals surface area contributed by atoms with Gasteiger partial charge in [-0.2, -0.15) is 4.98 Å². The molecule has 1 aliphatic heterocycles. The van der Waals surface area contributed by atoms with Crippen molar-refractivity contribution in [2.45, 2.75) is 25.8 Å². The van der Waals surface area contributed by atoms with Crippen LogP contribution in [0.3, 0.4) is 0 Å². The zero-order valence-corrected chi connectivity index (χ0v) is 13.0. The fraction of sp³-hybridized carbons (Fsp3) is 0.571. The molecular weight excluding hydrogens is 288 g/mol. The lowest BCUT2D eigenvalue weighted by atomic mass is 10.1. The molecule has 0 atom stereocenters. The monoisotopic (exact) mass is 308 g/mol. The molecule has 0 saturated carbocycles. The molecule has 0 radical (unpaired) electrons. The molecule has 1 aliphatic rings. The second-order valence-electron chi connectivity index (χ2n) is 5.17. The number of nitrogens with zero attached hydrogens (tertiary/aromatic N) is 3. The van der Waals surface area contributed by atoms with E-state index in [2.05, 4.69) is 10.3 Å². The molecule has 1 amide bonds. The molecule has 0 unspecified atom stereocenters. The zero-order valence-electron chi connectivity index (χ0n) is 12.2. The van der Waals surface area contributed by atoms with E-state index in [1.807, 2.05) is 20.9 Å². The molecule has 0 aromatic carbocycles. The molecule has 1 saturated heterocycles. The van der Waals surface area contributed by atoms with Gasteiger partial charge in [-0.1, -0.05) is 0 Å². The number of piperidine rings is 1. The van der Waals surface area contributed by atoms with Crippen LogP contribution in [0.5, 0.6) is 5.88 Å². The summed E-state index contributed by atoms with van der Waals surface area (Å²) in [5.74, 6) is 0.805. The smallest absolute Gasteiger partial charge is 0.237 e. The summed E-state index contributed by atoms with van der Waals surface area (Å²) in [6, 6.07) is 0. The minimum Gasteiger partial charge on any atom is -0.480 e. The maximum absolute atomic E-state index is 12.1. The Morgan fingerprint density at radius 1 is 1.43 bits per heavy atom. The van der Waals surface area contributed by atoms with E-state index in [4.69, 9.17) is 4.74 Å². The number of likely N-dealkylation sites (tertiary alicyclic amines) is 1. The second kappa shape index (κ2) is 6.44. The summed E-state index contributed by atoms with van der Waals surface area (Å²) in [5.41, 5.74) is 0.959. The average Bonchev–Trinajstić information content (AvgIpc) is 3.09. The highest BCUT2D eigenvalue weighted by Gasteiger charge is 2.17. The number of aromatic nitrogens is 2. The molecule has 6 nitrogen and oxygen atoms in total. The third kappa shape index (κ3) is 3.03. The van der Waals surface area contributed by atoms with Crippen molar-refractivity contribution in [2.24, 2.45) is 0 Å². The van der Waals surface area contributed by atoms with Crippen LogP contribution in [0, 0.1) is 0 Å². The predicted molar refractivity (Wildman–Crippen MR) is 81.8 cm³/mol. The van der Waals surface area contributed by atoms with Crippen LogP contribution in [0.2, 0.25) is 0 Å². The number of amides is 1. The van der Waals surface area contributed by atoms with Crippen LogP contribution in [0.25, 0.3) is 4.96 Å². The van der Waals surface area contributed by atoms with Gasteiger partial charge in [0.25, 0.3) is 0 Å². The van der Waals surface area contributed by atoms with Crippen molar-refractivity contribution in [3.63, 3.8) is 0 Å². The first-order valence-corrected chi connectivity index (χ1v) is 8.14. The molecule has 0 aliphatic carbocycles. The largest absolute Gasteiger partial charge is 0.480 e. The minimum atomic E-state index is 0.180. The molecule has 114 valence electrons. The van der Waals surface area contributed by atoms with E-state index >= 15 is 0 Å². The molecular formula is C14H20N4O2S. The Balaban J connectivity index is 1.58. The Morgan fingerprint density at radius 3 is 3.00 bits per heavy atom. The molecule has 0 bridgehead atoms. The van der Waals surface area contributed by atoms with Gasteiger partial charge in [0.1, 0.15) is 5.69 Å². The highest BCUT2D eigenvalue weighted by Crippen LogP contribution is 2.22. The van der Waals surface area contributed by atoms with Crippen molar-refractivity contribution in [1.29, 1.82) is 0 Å². The first-order valence-electron chi connectivity index (χ1n) is 7.26. The summed E-state index contributed by atoms with van der Waals surface area (Å²) in [6.45, 7) is 2.72. The average molecular weight is 308 g/mol. The quantitative estimate of drug-likeness (QED) is 0.909.